The maximum Gasteiger partial charge on any atom is 0.320 e. The first-order chi connectivity index (χ1) is 5.18. The molecule has 0 spiro atoms. The first kappa shape index (κ1) is 12.7. The van der Waals surface area contributed by atoms with Crippen LogP contribution in [0.3, 0.4) is 0 Å². The maximum atomic E-state index is 9.96. The molecule has 0 aromatic rings. The van der Waals surface area contributed by atoms with Gasteiger partial charge in [0.05, 0.1) is 0 Å². The Morgan fingerprint density at radius 2 is 2.09 bits per heavy atom. The van der Waals surface area contributed by atoms with Crippen molar-refractivity contribution in [3.05, 3.63) is 0 Å². The molecule has 1 atom stereocenters. The van der Waals surface area contributed by atoms with Crippen LogP contribution < -0.4 is 5.73 Å². The van der Waals surface area contributed by atoms with Crippen LogP contribution in [0, 0.1) is 0 Å². The van der Waals surface area contributed by atoms with Gasteiger partial charge < -0.3 is 15.6 Å². The third-order valence-corrected chi connectivity index (χ3v) is 0.913. The standard InChI is InChI=1S/C5H9NO3.C2H6/c6-4(5(8)9)2-1-3-7;1-2/h3-4H,1-2,6H2,(H,8,9);1-2H3. The molecule has 0 amide bonds. The third kappa shape index (κ3) is 9.10. The van der Waals surface area contributed by atoms with Gasteiger partial charge in [-0.2, -0.15) is 0 Å². The van der Waals surface area contributed by atoms with Crippen molar-refractivity contribution >= 4 is 12.3 Å². The molecule has 11 heavy (non-hydrogen) atoms. The van der Waals surface area contributed by atoms with E-state index in [4.69, 9.17) is 10.8 Å². The fourth-order valence-electron chi connectivity index (χ4n) is 0.371. The van der Waals surface area contributed by atoms with E-state index in [0.29, 0.717) is 6.29 Å². The normalized spacial score (nSPS) is 10.8. The van der Waals surface area contributed by atoms with E-state index < -0.39 is 12.0 Å². The molecule has 0 fully saturated rings. The number of rotatable bonds is 4. The second kappa shape index (κ2) is 9.10. The van der Waals surface area contributed by atoms with E-state index in [1.165, 1.54) is 0 Å². The van der Waals surface area contributed by atoms with Crippen molar-refractivity contribution in [2.75, 3.05) is 0 Å². The van der Waals surface area contributed by atoms with E-state index >= 15 is 0 Å². The fraction of sp³-hybridized carbons (Fsp3) is 0.714. The number of aliphatic carboxylic acids is 1. The summed E-state index contributed by atoms with van der Waals surface area (Å²) in [6.45, 7) is 4.00. The third-order valence-electron chi connectivity index (χ3n) is 0.913. The number of carboxylic acids is 1. The van der Waals surface area contributed by atoms with Crippen molar-refractivity contribution in [2.24, 2.45) is 5.73 Å². The van der Waals surface area contributed by atoms with E-state index in [1.807, 2.05) is 13.8 Å². The SMILES string of the molecule is CC.NC(CCC=O)C(=O)O. The molecule has 0 aliphatic rings. The number of aldehydes is 1. The Morgan fingerprint density at radius 3 is 2.36 bits per heavy atom. The van der Waals surface area contributed by atoms with Gasteiger partial charge in [0.2, 0.25) is 0 Å². The number of hydrogen-bond acceptors (Lipinski definition) is 3. The van der Waals surface area contributed by atoms with Gasteiger partial charge in [0.25, 0.3) is 0 Å². The molecule has 0 aliphatic heterocycles. The Kier molecular flexibility index (Phi) is 10.5. The van der Waals surface area contributed by atoms with Gasteiger partial charge >= 0.3 is 5.97 Å². The molecule has 3 N–H and O–H groups in total. The van der Waals surface area contributed by atoms with Gasteiger partial charge in [0, 0.05) is 6.42 Å². The van der Waals surface area contributed by atoms with Crippen LogP contribution in [0.4, 0.5) is 0 Å². The first-order valence-corrected chi connectivity index (χ1v) is 3.60. The van der Waals surface area contributed by atoms with E-state index in [-0.39, 0.29) is 12.8 Å². The summed E-state index contributed by atoms with van der Waals surface area (Å²) in [6.07, 6.45) is 1.09. The predicted molar refractivity (Wildman–Crippen MR) is 42.3 cm³/mol. The molecule has 4 heteroatoms. The molecule has 0 saturated heterocycles. The zero-order valence-electron chi connectivity index (χ0n) is 6.91. The molecule has 0 aliphatic carbocycles. The molecule has 0 bridgehead atoms. The Bertz CT molecular complexity index is 114. The average molecular weight is 161 g/mol. The van der Waals surface area contributed by atoms with Crippen molar-refractivity contribution in [1.29, 1.82) is 0 Å². The Balaban J connectivity index is 0. The van der Waals surface area contributed by atoms with Crippen LogP contribution in [0.15, 0.2) is 0 Å². The van der Waals surface area contributed by atoms with Gasteiger partial charge in [-0.05, 0) is 6.42 Å². The van der Waals surface area contributed by atoms with E-state index in [0.717, 1.165) is 0 Å². The highest BCUT2D eigenvalue weighted by molar-refractivity contribution is 5.73. The van der Waals surface area contributed by atoms with Crippen molar-refractivity contribution in [3.63, 3.8) is 0 Å². The number of carboxylic acid groups (broad SMARTS) is 1. The molecule has 0 aromatic carbocycles. The topological polar surface area (TPSA) is 80.4 Å². The van der Waals surface area contributed by atoms with Crippen molar-refractivity contribution < 1.29 is 14.7 Å². The van der Waals surface area contributed by atoms with Crippen molar-refractivity contribution in [3.8, 4) is 0 Å². The van der Waals surface area contributed by atoms with E-state index in [9.17, 15) is 9.59 Å². The highest BCUT2D eigenvalue weighted by Crippen LogP contribution is 1.90. The number of nitrogens with two attached hydrogens (primary N) is 1. The minimum atomic E-state index is -1.06. The summed E-state index contributed by atoms with van der Waals surface area (Å²) in [5.74, 6) is -1.06. The molecule has 0 heterocycles. The fourth-order valence-corrected chi connectivity index (χ4v) is 0.371. The van der Waals surface area contributed by atoms with E-state index in [1.54, 1.807) is 0 Å². The number of carbonyl (C=O) groups is 2. The quantitative estimate of drug-likeness (QED) is 0.585. The molecule has 0 radical (unpaired) electrons. The monoisotopic (exact) mass is 161 g/mol. The first-order valence-electron chi connectivity index (χ1n) is 3.60. The molecule has 4 nitrogen and oxygen atoms in total. The average Bonchev–Trinajstić information content (AvgIpc) is 2.03. The minimum Gasteiger partial charge on any atom is -0.480 e. The number of carbonyl (C=O) groups excluding carboxylic acids is 1. The summed E-state index contributed by atoms with van der Waals surface area (Å²) in [5.41, 5.74) is 5.04. The van der Waals surface area contributed by atoms with Crippen LogP contribution >= 0.6 is 0 Å². The molecule has 66 valence electrons. The van der Waals surface area contributed by atoms with E-state index in [2.05, 4.69) is 0 Å². The summed E-state index contributed by atoms with van der Waals surface area (Å²) in [5, 5.41) is 8.17. The molecular formula is C7H15NO3. The van der Waals surface area contributed by atoms with Crippen molar-refractivity contribution in [1.82, 2.24) is 0 Å². The summed E-state index contributed by atoms with van der Waals surface area (Å²) < 4.78 is 0. The lowest BCUT2D eigenvalue weighted by Gasteiger charge is -2.00. The summed E-state index contributed by atoms with van der Waals surface area (Å²) in [6, 6.07) is -0.893. The highest BCUT2D eigenvalue weighted by atomic mass is 16.4. The van der Waals surface area contributed by atoms with Gasteiger partial charge in [-0.3, -0.25) is 4.79 Å². The van der Waals surface area contributed by atoms with Crippen LogP contribution in [0.2, 0.25) is 0 Å². The van der Waals surface area contributed by atoms with Crippen molar-refractivity contribution in [2.45, 2.75) is 32.7 Å². The van der Waals surface area contributed by atoms with Gasteiger partial charge in [-0.15, -0.1) is 0 Å². The zero-order valence-corrected chi connectivity index (χ0v) is 6.91. The smallest absolute Gasteiger partial charge is 0.320 e. The molecule has 1 unspecified atom stereocenters. The highest BCUT2D eigenvalue weighted by Gasteiger charge is 2.08. The van der Waals surface area contributed by atoms with Crippen LogP contribution in [0.1, 0.15) is 26.7 Å². The lowest BCUT2D eigenvalue weighted by molar-refractivity contribution is -0.138. The Labute approximate surface area is 66.4 Å². The Hall–Kier alpha value is -0.900. The van der Waals surface area contributed by atoms with Crippen LogP contribution in [0.5, 0.6) is 0 Å². The minimum absolute atomic E-state index is 0.216. The van der Waals surface area contributed by atoms with Gasteiger partial charge in [-0.25, -0.2) is 0 Å². The van der Waals surface area contributed by atoms with Crippen LogP contribution in [-0.2, 0) is 9.59 Å². The molecule has 0 saturated carbocycles. The zero-order chi connectivity index (χ0) is 9.28. The van der Waals surface area contributed by atoms with Gasteiger partial charge in [0.1, 0.15) is 12.3 Å². The largest absolute Gasteiger partial charge is 0.480 e. The summed E-state index contributed by atoms with van der Waals surface area (Å²) >= 11 is 0. The van der Waals surface area contributed by atoms with Crippen LogP contribution in [0.25, 0.3) is 0 Å². The maximum absolute atomic E-state index is 9.96. The van der Waals surface area contributed by atoms with Gasteiger partial charge in [-0.1, -0.05) is 13.8 Å². The molecule has 0 rings (SSSR count). The molecule has 0 aromatic heterocycles. The second-order valence-electron chi connectivity index (χ2n) is 1.69. The molecular weight excluding hydrogens is 146 g/mol. The number of hydrogen-bond donors (Lipinski definition) is 2. The summed E-state index contributed by atoms with van der Waals surface area (Å²) in [4.78, 5) is 19.6. The Morgan fingerprint density at radius 1 is 1.64 bits per heavy atom. The van der Waals surface area contributed by atoms with Gasteiger partial charge in [0.15, 0.2) is 0 Å². The summed E-state index contributed by atoms with van der Waals surface area (Å²) in [7, 11) is 0. The predicted octanol–water partition coefficient (Wildman–Crippen LogP) is 0.404. The second-order valence-corrected chi connectivity index (χ2v) is 1.69. The lowest BCUT2D eigenvalue weighted by Crippen LogP contribution is -2.29. The lowest BCUT2D eigenvalue weighted by atomic mass is 10.2. The van der Waals surface area contributed by atoms with Crippen LogP contribution in [-0.4, -0.2) is 23.4 Å².